The Labute approximate surface area is 134 Å². The molecule has 0 aromatic heterocycles. The fourth-order valence-corrected chi connectivity index (χ4v) is 3.11. The maximum Gasteiger partial charge on any atom is 0.288 e. The van der Waals surface area contributed by atoms with E-state index in [1.165, 1.54) is 12.1 Å². The molecule has 0 aliphatic heterocycles. The summed E-state index contributed by atoms with van der Waals surface area (Å²) in [5, 5.41) is 3.25. The molecule has 6 heteroatoms. The number of rotatable bonds is 5. The molecule has 0 radical (unpaired) electrons. The minimum atomic E-state index is -2.42. The van der Waals surface area contributed by atoms with Crippen LogP contribution >= 0.6 is 27.7 Å². The van der Waals surface area contributed by atoms with E-state index in [9.17, 15) is 13.2 Å². The summed E-state index contributed by atoms with van der Waals surface area (Å²) in [7, 11) is 0. The number of anilines is 1. The maximum absolute atomic E-state index is 13.1. The number of hydrogen-bond donors (Lipinski definition) is 1. The number of thioether (sulfide) groups is 1. The fraction of sp³-hybridized carbons (Fsp3) is 0.200. The second-order valence-corrected chi connectivity index (χ2v) is 6.35. The highest BCUT2D eigenvalue weighted by Gasteiger charge is 2.10. The van der Waals surface area contributed by atoms with Gasteiger partial charge < -0.3 is 5.32 Å². The summed E-state index contributed by atoms with van der Waals surface area (Å²) >= 11 is 3.85. The monoisotopic (exact) mass is 375 g/mol. The first-order valence-corrected chi connectivity index (χ1v) is 7.89. The van der Waals surface area contributed by atoms with Gasteiger partial charge in [0.15, 0.2) is 0 Å². The van der Waals surface area contributed by atoms with Crippen molar-refractivity contribution in [1.29, 1.82) is 0 Å². The molecular formula is C15H13BrF3NS. The Balaban J connectivity index is 2.06. The summed E-state index contributed by atoms with van der Waals surface area (Å²) in [4.78, 5) is 0.520. The van der Waals surface area contributed by atoms with Crippen molar-refractivity contribution in [3.8, 4) is 0 Å². The van der Waals surface area contributed by atoms with Gasteiger partial charge in [0.05, 0.1) is 0 Å². The Morgan fingerprint density at radius 2 is 1.76 bits per heavy atom. The lowest BCUT2D eigenvalue weighted by Gasteiger charge is -2.17. The quantitative estimate of drug-likeness (QED) is 0.635. The molecule has 2 aromatic carbocycles. The highest BCUT2D eigenvalue weighted by atomic mass is 79.9. The predicted molar refractivity (Wildman–Crippen MR) is 84.4 cm³/mol. The second kappa shape index (κ2) is 7.22. The van der Waals surface area contributed by atoms with Crippen LogP contribution in [0.15, 0.2) is 51.8 Å². The summed E-state index contributed by atoms with van der Waals surface area (Å²) in [5.41, 5.74) is 1.74. The molecule has 0 saturated heterocycles. The van der Waals surface area contributed by atoms with Gasteiger partial charge in [-0.25, -0.2) is 4.39 Å². The molecule has 1 unspecified atom stereocenters. The third kappa shape index (κ3) is 4.68. The van der Waals surface area contributed by atoms with E-state index < -0.39 is 5.76 Å². The van der Waals surface area contributed by atoms with Crippen LogP contribution in [0.4, 0.5) is 18.9 Å². The Hall–Kier alpha value is -1.14. The molecule has 1 nitrogen and oxygen atoms in total. The molecular weight excluding hydrogens is 363 g/mol. The van der Waals surface area contributed by atoms with Crippen LogP contribution in [-0.2, 0) is 0 Å². The lowest BCUT2D eigenvalue weighted by Crippen LogP contribution is -2.07. The van der Waals surface area contributed by atoms with E-state index in [0.29, 0.717) is 21.1 Å². The largest absolute Gasteiger partial charge is 0.378 e. The van der Waals surface area contributed by atoms with Crippen LogP contribution < -0.4 is 5.32 Å². The van der Waals surface area contributed by atoms with Crippen LogP contribution in [0.5, 0.6) is 0 Å². The van der Waals surface area contributed by atoms with Crippen LogP contribution in [-0.4, -0.2) is 5.76 Å². The molecule has 112 valence electrons. The van der Waals surface area contributed by atoms with Gasteiger partial charge in [0, 0.05) is 21.1 Å². The van der Waals surface area contributed by atoms with Crippen molar-refractivity contribution in [2.24, 2.45) is 0 Å². The summed E-state index contributed by atoms with van der Waals surface area (Å²) < 4.78 is 38.2. The Kier molecular flexibility index (Phi) is 5.58. The van der Waals surface area contributed by atoms with E-state index in [2.05, 4.69) is 21.2 Å². The van der Waals surface area contributed by atoms with Gasteiger partial charge in [0.1, 0.15) is 5.82 Å². The smallest absolute Gasteiger partial charge is 0.288 e. The van der Waals surface area contributed by atoms with E-state index >= 15 is 0 Å². The lowest BCUT2D eigenvalue weighted by molar-refractivity contribution is 0.252. The summed E-state index contributed by atoms with van der Waals surface area (Å²) in [6.45, 7) is 1.94. The Morgan fingerprint density at radius 3 is 2.33 bits per heavy atom. The standard InChI is InChI=1S/C15H13BrF3NS/c1-9(13-7-2-10(17)8-14(13)16)20-11-3-5-12(6-4-11)21-15(18)19/h2-9,15,20H,1H3. The van der Waals surface area contributed by atoms with Crippen LogP contribution in [0.2, 0.25) is 0 Å². The first kappa shape index (κ1) is 16.2. The SMILES string of the molecule is CC(Nc1ccc(SC(F)F)cc1)c1ccc(F)cc1Br. The number of alkyl halides is 2. The average Bonchev–Trinajstić information content (AvgIpc) is 2.40. The zero-order valence-electron chi connectivity index (χ0n) is 11.1. The minimum Gasteiger partial charge on any atom is -0.378 e. The molecule has 0 aliphatic carbocycles. The van der Waals surface area contributed by atoms with Gasteiger partial charge in [-0.05, 0) is 48.9 Å². The Bertz CT molecular complexity index is 604. The topological polar surface area (TPSA) is 12.0 Å². The predicted octanol–water partition coefficient (Wildman–Crippen LogP) is 6.08. The fourth-order valence-electron chi connectivity index (χ4n) is 1.91. The first-order valence-electron chi connectivity index (χ1n) is 6.22. The molecule has 1 atom stereocenters. The zero-order chi connectivity index (χ0) is 15.4. The number of halogens is 4. The van der Waals surface area contributed by atoms with Crippen molar-refractivity contribution >= 4 is 33.4 Å². The van der Waals surface area contributed by atoms with E-state index in [-0.39, 0.29) is 11.9 Å². The van der Waals surface area contributed by atoms with Gasteiger partial charge in [-0.15, -0.1) is 0 Å². The van der Waals surface area contributed by atoms with Crippen LogP contribution in [0.1, 0.15) is 18.5 Å². The highest BCUT2D eigenvalue weighted by molar-refractivity contribution is 9.10. The number of hydrogen-bond acceptors (Lipinski definition) is 2. The van der Waals surface area contributed by atoms with E-state index in [1.807, 2.05) is 6.92 Å². The van der Waals surface area contributed by atoms with E-state index in [0.717, 1.165) is 11.3 Å². The van der Waals surface area contributed by atoms with Crippen molar-refractivity contribution in [2.75, 3.05) is 5.32 Å². The van der Waals surface area contributed by atoms with Gasteiger partial charge >= 0.3 is 0 Å². The van der Waals surface area contributed by atoms with Crippen molar-refractivity contribution in [3.05, 3.63) is 58.3 Å². The number of benzene rings is 2. The van der Waals surface area contributed by atoms with E-state index in [1.54, 1.807) is 30.3 Å². The number of nitrogens with one attached hydrogen (secondary N) is 1. The summed E-state index contributed by atoms with van der Waals surface area (Å²) in [6, 6.07) is 11.3. The summed E-state index contributed by atoms with van der Waals surface area (Å²) in [6.07, 6.45) is 0. The highest BCUT2D eigenvalue weighted by Crippen LogP contribution is 2.29. The summed E-state index contributed by atoms with van der Waals surface area (Å²) in [5.74, 6) is -2.72. The molecule has 0 fully saturated rings. The minimum absolute atomic E-state index is 0.0476. The molecule has 2 aromatic rings. The Morgan fingerprint density at radius 1 is 1.10 bits per heavy atom. The van der Waals surface area contributed by atoms with Gasteiger partial charge in [-0.1, -0.05) is 33.8 Å². The molecule has 1 N–H and O–H groups in total. The van der Waals surface area contributed by atoms with Crippen molar-refractivity contribution in [3.63, 3.8) is 0 Å². The molecule has 0 amide bonds. The van der Waals surface area contributed by atoms with Gasteiger partial charge in [-0.3, -0.25) is 0 Å². The van der Waals surface area contributed by atoms with E-state index in [4.69, 9.17) is 0 Å². The lowest BCUT2D eigenvalue weighted by atomic mass is 10.1. The molecule has 0 spiro atoms. The molecule has 0 heterocycles. The third-order valence-corrected chi connectivity index (χ3v) is 4.30. The van der Waals surface area contributed by atoms with Gasteiger partial charge in [0.2, 0.25) is 0 Å². The van der Waals surface area contributed by atoms with Crippen LogP contribution in [0.25, 0.3) is 0 Å². The van der Waals surface area contributed by atoms with Crippen LogP contribution in [0, 0.1) is 5.82 Å². The van der Waals surface area contributed by atoms with Gasteiger partial charge in [0.25, 0.3) is 5.76 Å². The van der Waals surface area contributed by atoms with Crippen molar-refractivity contribution in [1.82, 2.24) is 0 Å². The van der Waals surface area contributed by atoms with Gasteiger partial charge in [-0.2, -0.15) is 8.78 Å². The van der Waals surface area contributed by atoms with Crippen molar-refractivity contribution in [2.45, 2.75) is 23.6 Å². The maximum atomic E-state index is 13.1. The molecule has 0 bridgehead atoms. The van der Waals surface area contributed by atoms with Crippen LogP contribution in [0.3, 0.4) is 0 Å². The molecule has 0 aliphatic rings. The van der Waals surface area contributed by atoms with Crippen molar-refractivity contribution < 1.29 is 13.2 Å². The first-order chi connectivity index (χ1) is 9.95. The third-order valence-electron chi connectivity index (χ3n) is 2.89. The second-order valence-electron chi connectivity index (χ2n) is 4.43. The molecule has 21 heavy (non-hydrogen) atoms. The average molecular weight is 376 g/mol. The normalized spacial score (nSPS) is 12.5. The molecule has 0 saturated carbocycles. The zero-order valence-corrected chi connectivity index (χ0v) is 13.5. The molecule has 2 rings (SSSR count).